The Bertz CT molecular complexity index is 401. The first kappa shape index (κ1) is 8.97. The van der Waals surface area contributed by atoms with E-state index < -0.39 is 5.82 Å². The van der Waals surface area contributed by atoms with E-state index in [0.717, 1.165) is 0 Å². The lowest BCUT2D eigenvalue weighted by Gasteiger charge is -2.03. The van der Waals surface area contributed by atoms with Crippen LogP contribution in [0.4, 0.5) is 4.39 Å². The van der Waals surface area contributed by atoms with E-state index in [1.165, 1.54) is 6.07 Å². The van der Waals surface area contributed by atoms with Crippen molar-refractivity contribution >= 4 is 29.0 Å². The van der Waals surface area contributed by atoms with Gasteiger partial charge in [0.25, 0.3) is 0 Å². The van der Waals surface area contributed by atoms with Gasteiger partial charge in [-0.2, -0.15) is 0 Å². The number of ketones is 1. The first-order chi connectivity index (χ1) is 6.11. The first-order valence-corrected chi connectivity index (χ1v) is 4.56. The maximum atomic E-state index is 13.3. The highest BCUT2D eigenvalue weighted by atomic mass is 35.5. The van der Waals surface area contributed by atoms with Crippen molar-refractivity contribution in [1.29, 1.82) is 0 Å². The van der Waals surface area contributed by atoms with Crippen LogP contribution >= 0.6 is 23.2 Å². The molecule has 0 heterocycles. The van der Waals surface area contributed by atoms with Crippen LogP contribution in [0.25, 0.3) is 0 Å². The predicted molar refractivity (Wildman–Crippen MR) is 49.1 cm³/mol. The largest absolute Gasteiger partial charge is 0.294 e. The highest BCUT2D eigenvalue weighted by Crippen LogP contribution is 2.34. The number of benzene rings is 1. The van der Waals surface area contributed by atoms with Crippen LogP contribution in [0, 0.1) is 5.82 Å². The van der Waals surface area contributed by atoms with Gasteiger partial charge in [-0.3, -0.25) is 4.79 Å². The number of carbonyl (C=O) groups excluding carboxylic acids is 1. The number of halogens is 3. The van der Waals surface area contributed by atoms with Gasteiger partial charge >= 0.3 is 0 Å². The quantitative estimate of drug-likeness (QED) is 0.612. The summed E-state index contributed by atoms with van der Waals surface area (Å²) in [5, 5.41) is 0.297. The molecule has 0 amide bonds. The topological polar surface area (TPSA) is 17.1 Å². The molecule has 0 atom stereocenters. The molecule has 0 saturated carbocycles. The van der Waals surface area contributed by atoms with Gasteiger partial charge in [0.1, 0.15) is 0 Å². The summed E-state index contributed by atoms with van der Waals surface area (Å²) in [5.74, 6) is -0.847. The maximum Gasteiger partial charge on any atom is 0.166 e. The zero-order valence-electron chi connectivity index (χ0n) is 6.53. The van der Waals surface area contributed by atoms with Crippen LogP contribution in [0.2, 0.25) is 10.0 Å². The van der Waals surface area contributed by atoms with Crippen LogP contribution in [0.1, 0.15) is 22.3 Å². The fourth-order valence-corrected chi connectivity index (χ4v) is 2.09. The Hall–Kier alpha value is -0.600. The Morgan fingerprint density at radius 2 is 1.92 bits per heavy atom. The molecule has 4 heteroatoms. The molecule has 1 aromatic carbocycles. The monoisotopic (exact) mass is 218 g/mol. The van der Waals surface area contributed by atoms with Gasteiger partial charge in [-0.1, -0.05) is 23.2 Å². The Morgan fingerprint density at radius 1 is 1.23 bits per heavy atom. The molecular weight excluding hydrogens is 214 g/mol. The van der Waals surface area contributed by atoms with Crippen molar-refractivity contribution in [2.45, 2.75) is 12.8 Å². The van der Waals surface area contributed by atoms with E-state index in [1.807, 2.05) is 0 Å². The van der Waals surface area contributed by atoms with Gasteiger partial charge in [0, 0.05) is 11.4 Å². The molecule has 0 radical (unpaired) electrons. The molecule has 13 heavy (non-hydrogen) atoms. The van der Waals surface area contributed by atoms with Crippen LogP contribution in [-0.2, 0) is 6.42 Å². The van der Waals surface area contributed by atoms with Crippen LogP contribution < -0.4 is 0 Å². The summed E-state index contributed by atoms with van der Waals surface area (Å²) < 4.78 is 13.3. The maximum absolute atomic E-state index is 13.3. The molecule has 1 aromatic rings. The highest BCUT2D eigenvalue weighted by Gasteiger charge is 2.27. The van der Waals surface area contributed by atoms with Crippen molar-refractivity contribution in [3.8, 4) is 0 Å². The van der Waals surface area contributed by atoms with Crippen LogP contribution in [0.15, 0.2) is 6.07 Å². The smallest absolute Gasteiger partial charge is 0.166 e. The summed E-state index contributed by atoms with van der Waals surface area (Å²) in [6.45, 7) is 0. The predicted octanol–water partition coefficient (Wildman–Crippen LogP) is 3.26. The highest BCUT2D eigenvalue weighted by molar-refractivity contribution is 6.36. The van der Waals surface area contributed by atoms with Crippen molar-refractivity contribution in [3.63, 3.8) is 0 Å². The van der Waals surface area contributed by atoms with E-state index in [0.29, 0.717) is 23.4 Å². The minimum atomic E-state index is -0.636. The van der Waals surface area contributed by atoms with E-state index in [1.54, 1.807) is 0 Å². The minimum Gasteiger partial charge on any atom is -0.294 e. The van der Waals surface area contributed by atoms with Crippen LogP contribution in [0.3, 0.4) is 0 Å². The number of hydrogen-bond acceptors (Lipinski definition) is 1. The lowest BCUT2D eigenvalue weighted by Crippen LogP contribution is -1.97. The van der Waals surface area contributed by atoms with Crippen LogP contribution in [-0.4, -0.2) is 5.78 Å². The lowest BCUT2D eigenvalue weighted by molar-refractivity contribution is 0.0991. The average molecular weight is 219 g/mol. The van der Waals surface area contributed by atoms with Crippen LogP contribution in [0.5, 0.6) is 0 Å². The second-order valence-corrected chi connectivity index (χ2v) is 3.75. The van der Waals surface area contributed by atoms with E-state index in [4.69, 9.17) is 23.2 Å². The number of fused-ring (bicyclic) bond motifs is 1. The van der Waals surface area contributed by atoms with E-state index >= 15 is 0 Å². The fraction of sp³-hybridized carbons (Fsp3) is 0.222. The first-order valence-electron chi connectivity index (χ1n) is 3.81. The van der Waals surface area contributed by atoms with Gasteiger partial charge in [-0.25, -0.2) is 4.39 Å². The van der Waals surface area contributed by atoms with E-state index in [9.17, 15) is 9.18 Å². The third-order valence-electron chi connectivity index (χ3n) is 2.15. The second kappa shape index (κ2) is 2.96. The van der Waals surface area contributed by atoms with Gasteiger partial charge in [0.2, 0.25) is 0 Å². The molecular formula is C9H5Cl2FO. The van der Waals surface area contributed by atoms with Gasteiger partial charge in [-0.15, -0.1) is 0 Å². The summed E-state index contributed by atoms with van der Waals surface area (Å²) in [7, 11) is 0. The van der Waals surface area contributed by atoms with Crippen molar-refractivity contribution in [1.82, 2.24) is 0 Å². The van der Waals surface area contributed by atoms with Crippen molar-refractivity contribution in [3.05, 3.63) is 33.1 Å². The van der Waals surface area contributed by atoms with Gasteiger partial charge in [-0.05, 0) is 18.1 Å². The average Bonchev–Trinajstić information content (AvgIpc) is 2.44. The lowest BCUT2D eigenvalue weighted by atomic mass is 10.1. The van der Waals surface area contributed by atoms with E-state index in [-0.39, 0.29) is 16.4 Å². The zero-order chi connectivity index (χ0) is 9.59. The summed E-state index contributed by atoms with van der Waals surface area (Å²) in [4.78, 5) is 11.2. The minimum absolute atomic E-state index is 0.0810. The second-order valence-electron chi connectivity index (χ2n) is 2.93. The molecule has 1 nitrogen and oxygen atoms in total. The molecule has 0 unspecified atom stereocenters. The third-order valence-corrected chi connectivity index (χ3v) is 2.77. The van der Waals surface area contributed by atoms with Gasteiger partial charge in [0.15, 0.2) is 11.6 Å². The standard InChI is InChI=1S/C9H5Cl2FO/c10-5-3-6(11)9(12)8-4(5)1-2-7(8)13/h3H,1-2H2. The molecule has 0 aromatic heterocycles. The summed E-state index contributed by atoms with van der Waals surface area (Å²) in [6, 6.07) is 1.34. The molecule has 0 N–H and O–H groups in total. The van der Waals surface area contributed by atoms with E-state index in [2.05, 4.69) is 0 Å². The number of rotatable bonds is 0. The summed E-state index contributed by atoms with van der Waals surface area (Å²) in [5.41, 5.74) is 0.672. The third kappa shape index (κ3) is 1.25. The molecule has 1 aliphatic carbocycles. The molecule has 2 rings (SSSR count). The Morgan fingerprint density at radius 3 is 2.62 bits per heavy atom. The molecule has 0 spiro atoms. The van der Waals surface area contributed by atoms with Gasteiger partial charge < -0.3 is 0 Å². The SMILES string of the molecule is O=C1CCc2c(Cl)cc(Cl)c(F)c21. The number of carbonyl (C=O) groups is 1. The van der Waals surface area contributed by atoms with Crippen molar-refractivity contribution in [2.24, 2.45) is 0 Å². The summed E-state index contributed by atoms with van der Waals surface area (Å²) in [6.07, 6.45) is 0.841. The fourth-order valence-electron chi connectivity index (χ4n) is 1.53. The number of hydrogen-bond donors (Lipinski definition) is 0. The van der Waals surface area contributed by atoms with Crippen molar-refractivity contribution < 1.29 is 9.18 Å². The molecule has 0 fully saturated rings. The molecule has 68 valence electrons. The normalized spacial score (nSPS) is 14.8. The molecule has 1 aliphatic rings. The Balaban J connectivity index is 2.77. The molecule has 0 saturated heterocycles. The molecule has 0 bridgehead atoms. The molecule has 0 aliphatic heterocycles. The zero-order valence-corrected chi connectivity index (χ0v) is 8.05. The Kier molecular flexibility index (Phi) is 2.05. The number of Topliss-reactive ketones (excluding diaryl/α,β-unsaturated/α-hetero) is 1. The van der Waals surface area contributed by atoms with Gasteiger partial charge in [0.05, 0.1) is 10.6 Å². The summed E-state index contributed by atoms with van der Waals surface area (Å²) >= 11 is 11.4. The van der Waals surface area contributed by atoms with Crippen molar-refractivity contribution in [2.75, 3.05) is 0 Å². The Labute approximate surface area is 84.5 Å².